The van der Waals surface area contributed by atoms with Gasteiger partial charge in [-0.3, -0.25) is 0 Å². The molecule has 0 fully saturated rings. The second kappa shape index (κ2) is 6.59. The third-order valence-electron chi connectivity index (χ3n) is 4.17. The molecule has 1 N–H and O–H groups in total. The van der Waals surface area contributed by atoms with Crippen LogP contribution in [0.3, 0.4) is 0 Å². The van der Waals surface area contributed by atoms with E-state index in [0.717, 1.165) is 11.1 Å². The monoisotopic (exact) mass is 308 g/mol. The minimum absolute atomic E-state index is 0.00293. The maximum atomic E-state index is 10.8. The minimum atomic E-state index is -0.298. The van der Waals surface area contributed by atoms with Crippen LogP contribution in [0.4, 0.5) is 0 Å². The van der Waals surface area contributed by atoms with Crippen LogP contribution in [0.1, 0.15) is 71.3 Å². The standard InChI is InChI=1S/C19H32O3/c1-12(21-8)17(22-9)14-10-13(18(2,3)4)11-15(16(14)20)19(5,6)7/h10-12,17,20H,1-9H3/t12-,17+/m1/s1. The molecule has 0 radical (unpaired) electrons. The Morgan fingerprint density at radius 1 is 0.909 bits per heavy atom. The van der Waals surface area contributed by atoms with Gasteiger partial charge in [0.1, 0.15) is 11.9 Å². The molecule has 0 aliphatic heterocycles. The molecule has 126 valence electrons. The first kappa shape index (κ1) is 19.0. The lowest BCUT2D eigenvalue weighted by Gasteiger charge is -2.30. The fourth-order valence-corrected chi connectivity index (χ4v) is 2.57. The van der Waals surface area contributed by atoms with Crippen molar-refractivity contribution in [3.63, 3.8) is 0 Å². The van der Waals surface area contributed by atoms with Crippen LogP contribution in [0.2, 0.25) is 0 Å². The first-order valence-electron chi connectivity index (χ1n) is 7.87. The van der Waals surface area contributed by atoms with E-state index in [4.69, 9.17) is 9.47 Å². The second-order valence-corrected chi connectivity index (χ2v) is 8.06. The van der Waals surface area contributed by atoms with Crippen LogP contribution in [-0.2, 0) is 20.3 Å². The van der Waals surface area contributed by atoms with E-state index < -0.39 is 0 Å². The van der Waals surface area contributed by atoms with Crippen LogP contribution in [0.15, 0.2) is 12.1 Å². The van der Waals surface area contributed by atoms with Crippen LogP contribution in [0.25, 0.3) is 0 Å². The van der Waals surface area contributed by atoms with Gasteiger partial charge in [-0.25, -0.2) is 0 Å². The number of phenols is 1. The lowest BCUT2D eigenvalue weighted by atomic mass is 9.78. The van der Waals surface area contributed by atoms with Crippen molar-refractivity contribution < 1.29 is 14.6 Å². The van der Waals surface area contributed by atoms with Gasteiger partial charge in [-0.1, -0.05) is 47.6 Å². The van der Waals surface area contributed by atoms with E-state index in [-0.39, 0.29) is 23.0 Å². The van der Waals surface area contributed by atoms with Gasteiger partial charge in [-0.2, -0.15) is 0 Å². The van der Waals surface area contributed by atoms with Gasteiger partial charge in [0.05, 0.1) is 6.10 Å². The molecule has 0 bridgehead atoms. The van der Waals surface area contributed by atoms with E-state index in [1.807, 2.05) is 13.0 Å². The number of rotatable bonds is 4. The lowest BCUT2D eigenvalue weighted by Crippen LogP contribution is -2.23. The maximum absolute atomic E-state index is 10.8. The smallest absolute Gasteiger partial charge is 0.125 e. The molecule has 1 aromatic rings. The SMILES string of the molecule is CO[C@H](c1cc(C(C)(C)C)cc(C(C)(C)C)c1O)[C@@H](C)OC. The summed E-state index contributed by atoms with van der Waals surface area (Å²) < 4.78 is 11.0. The minimum Gasteiger partial charge on any atom is -0.507 e. The Hall–Kier alpha value is -1.06. The zero-order valence-electron chi connectivity index (χ0n) is 15.6. The van der Waals surface area contributed by atoms with Crippen molar-refractivity contribution in [1.29, 1.82) is 0 Å². The Balaban J connectivity index is 3.62. The zero-order chi connectivity index (χ0) is 17.3. The molecule has 0 heterocycles. The first-order valence-corrected chi connectivity index (χ1v) is 7.87. The Morgan fingerprint density at radius 3 is 1.82 bits per heavy atom. The summed E-state index contributed by atoms with van der Waals surface area (Å²) in [6.07, 6.45) is -0.438. The highest BCUT2D eigenvalue weighted by molar-refractivity contribution is 5.50. The second-order valence-electron chi connectivity index (χ2n) is 8.06. The van der Waals surface area contributed by atoms with Crippen molar-refractivity contribution in [2.24, 2.45) is 0 Å². The van der Waals surface area contributed by atoms with Crippen LogP contribution < -0.4 is 0 Å². The van der Waals surface area contributed by atoms with Gasteiger partial charge in [0.25, 0.3) is 0 Å². The van der Waals surface area contributed by atoms with Gasteiger partial charge in [0.15, 0.2) is 0 Å². The summed E-state index contributed by atoms with van der Waals surface area (Å²) in [5.41, 5.74) is 2.79. The van der Waals surface area contributed by atoms with Crippen LogP contribution in [-0.4, -0.2) is 25.4 Å². The molecular formula is C19H32O3. The molecule has 1 rings (SSSR count). The van der Waals surface area contributed by atoms with Gasteiger partial charge >= 0.3 is 0 Å². The number of ether oxygens (including phenoxy) is 2. The number of hydrogen-bond donors (Lipinski definition) is 1. The van der Waals surface area contributed by atoms with Crippen molar-refractivity contribution in [3.8, 4) is 5.75 Å². The Labute approximate surface area is 135 Å². The summed E-state index contributed by atoms with van der Waals surface area (Å²) >= 11 is 0. The van der Waals surface area contributed by atoms with Crippen molar-refractivity contribution in [2.45, 2.75) is 71.5 Å². The number of aromatic hydroxyl groups is 1. The van der Waals surface area contributed by atoms with E-state index in [0.29, 0.717) is 5.75 Å². The highest BCUT2D eigenvalue weighted by atomic mass is 16.5. The largest absolute Gasteiger partial charge is 0.507 e. The molecule has 0 aliphatic rings. The average Bonchev–Trinajstić information content (AvgIpc) is 2.38. The molecule has 0 spiro atoms. The molecule has 3 heteroatoms. The number of methoxy groups -OCH3 is 2. The van der Waals surface area contributed by atoms with Gasteiger partial charge in [-0.15, -0.1) is 0 Å². The Morgan fingerprint density at radius 2 is 1.45 bits per heavy atom. The number of benzene rings is 1. The summed E-state index contributed by atoms with van der Waals surface area (Å²) in [6, 6.07) is 4.16. The van der Waals surface area contributed by atoms with Crippen LogP contribution in [0.5, 0.6) is 5.75 Å². The van der Waals surface area contributed by atoms with Gasteiger partial charge in [-0.05, 0) is 34.9 Å². The third kappa shape index (κ3) is 4.02. The summed E-state index contributed by atoms with van der Waals surface area (Å²) in [5.74, 6) is 0.316. The molecule has 22 heavy (non-hydrogen) atoms. The predicted molar refractivity (Wildman–Crippen MR) is 91.7 cm³/mol. The lowest BCUT2D eigenvalue weighted by molar-refractivity contribution is -0.0288. The number of phenolic OH excluding ortho intramolecular Hbond substituents is 1. The Bertz CT molecular complexity index is 507. The van der Waals surface area contributed by atoms with E-state index >= 15 is 0 Å². The fraction of sp³-hybridized carbons (Fsp3) is 0.684. The zero-order valence-corrected chi connectivity index (χ0v) is 15.6. The van der Waals surface area contributed by atoms with Gasteiger partial charge in [0, 0.05) is 19.8 Å². The molecular weight excluding hydrogens is 276 g/mol. The molecule has 0 saturated carbocycles. The Kier molecular flexibility index (Phi) is 5.69. The predicted octanol–water partition coefficient (Wildman–Crippen LogP) is 4.71. The van der Waals surface area contributed by atoms with E-state index in [2.05, 4.69) is 47.6 Å². The average molecular weight is 308 g/mol. The molecule has 0 unspecified atom stereocenters. The van der Waals surface area contributed by atoms with Crippen molar-refractivity contribution in [1.82, 2.24) is 0 Å². The van der Waals surface area contributed by atoms with Crippen LogP contribution >= 0.6 is 0 Å². The summed E-state index contributed by atoms with van der Waals surface area (Å²) in [4.78, 5) is 0. The third-order valence-corrected chi connectivity index (χ3v) is 4.17. The topological polar surface area (TPSA) is 38.7 Å². The summed E-state index contributed by atoms with van der Waals surface area (Å²) in [5, 5.41) is 10.8. The molecule has 2 atom stereocenters. The van der Waals surface area contributed by atoms with Crippen molar-refractivity contribution in [2.75, 3.05) is 14.2 Å². The highest BCUT2D eigenvalue weighted by Crippen LogP contribution is 2.41. The molecule has 0 aromatic heterocycles. The molecule has 0 aliphatic carbocycles. The number of hydrogen-bond acceptors (Lipinski definition) is 3. The van der Waals surface area contributed by atoms with E-state index in [9.17, 15) is 5.11 Å². The molecule has 0 saturated heterocycles. The van der Waals surface area contributed by atoms with E-state index in [1.54, 1.807) is 14.2 Å². The normalized spacial score (nSPS) is 15.7. The van der Waals surface area contributed by atoms with Crippen LogP contribution in [0, 0.1) is 0 Å². The molecule has 0 amide bonds. The maximum Gasteiger partial charge on any atom is 0.125 e. The quantitative estimate of drug-likeness (QED) is 0.875. The summed E-state index contributed by atoms with van der Waals surface area (Å²) in [7, 11) is 3.31. The highest BCUT2D eigenvalue weighted by Gasteiger charge is 2.29. The first-order chi connectivity index (χ1) is 9.93. The molecule has 3 nitrogen and oxygen atoms in total. The van der Waals surface area contributed by atoms with Gasteiger partial charge in [0.2, 0.25) is 0 Å². The summed E-state index contributed by atoms with van der Waals surface area (Å²) in [6.45, 7) is 14.8. The molecule has 1 aromatic carbocycles. The van der Waals surface area contributed by atoms with Crippen molar-refractivity contribution in [3.05, 3.63) is 28.8 Å². The van der Waals surface area contributed by atoms with E-state index in [1.165, 1.54) is 5.56 Å². The van der Waals surface area contributed by atoms with Crippen molar-refractivity contribution >= 4 is 0 Å². The van der Waals surface area contributed by atoms with Gasteiger partial charge < -0.3 is 14.6 Å². The fourth-order valence-electron chi connectivity index (χ4n) is 2.57.